The number of benzene rings is 2. The van der Waals surface area contributed by atoms with E-state index in [0.717, 1.165) is 46.7 Å². The molecule has 3 fully saturated rings. The van der Waals surface area contributed by atoms with E-state index >= 15 is 0 Å². The fourth-order valence-corrected chi connectivity index (χ4v) is 8.85. The van der Waals surface area contributed by atoms with Gasteiger partial charge in [0.25, 0.3) is 0 Å². The van der Waals surface area contributed by atoms with Gasteiger partial charge < -0.3 is 30.0 Å². The molecule has 294 valence electrons. The van der Waals surface area contributed by atoms with Gasteiger partial charge in [0.05, 0.1) is 24.9 Å². The van der Waals surface area contributed by atoms with Gasteiger partial charge in [0.2, 0.25) is 23.5 Å². The summed E-state index contributed by atoms with van der Waals surface area (Å²) in [4.78, 5) is 34.2. The maximum atomic E-state index is 14.6. The van der Waals surface area contributed by atoms with E-state index in [1.807, 2.05) is 48.5 Å². The van der Waals surface area contributed by atoms with Crippen LogP contribution in [-0.2, 0) is 35.3 Å². The van der Waals surface area contributed by atoms with Crippen molar-refractivity contribution in [2.24, 2.45) is 5.92 Å². The van der Waals surface area contributed by atoms with Gasteiger partial charge in [0.1, 0.15) is 17.7 Å². The first-order valence-corrected chi connectivity index (χ1v) is 19.1. The molecule has 4 aromatic rings. The Kier molecular flexibility index (Phi) is 10.3. The van der Waals surface area contributed by atoms with Crippen LogP contribution in [0.1, 0.15) is 66.0 Å². The Bertz CT molecular complexity index is 2190. The predicted molar refractivity (Wildman–Crippen MR) is 201 cm³/mol. The minimum atomic E-state index is -4.79. The zero-order valence-corrected chi connectivity index (χ0v) is 31.5. The van der Waals surface area contributed by atoms with E-state index in [9.17, 15) is 27.9 Å². The number of alkyl halides is 3. The summed E-state index contributed by atoms with van der Waals surface area (Å²) in [6.45, 7) is 1.10. The Balaban J connectivity index is 1.04. The van der Waals surface area contributed by atoms with Gasteiger partial charge in [-0.25, -0.2) is 4.98 Å². The lowest BCUT2D eigenvalue weighted by molar-refractivity contribution is -0.143. The molecule has 4 heterocycles. The van der Waals surface area contributed by atoms with E-state index in [-0.39, 0.29) is 41.9 Å². The molecule has 56 heavy (non-hydrogen) atoms. The van der Waals surface area contributed by atoms with Crippen molar-refractivity contribution in [1.29, 1.82) is 0 Å². The van der Waals surface area contributed by atoms with E-state index in [1.165, 1.54) is 7.11 Å². The largest absolute Gasteiger partial charge is 0.481 e. The fourth-order valence-electron chi connectivity index (χ4n) is 8.52. The number of likely N-dealkylation sites (tertiary alicyclic amines) is 1. The van der Waals surface area contributed by atoms with Crippen molar-refractivity contribution in [3.63, 3.8) is 0 Å². The zero-order valence-electron chi connectivity index (χ0n) is 30.8. The Hall–Kier alpha value is -4.92. The number of nitrogens with zero attached hydrogens (tertiary/aromatic N) is 3. The molecule has 1 saturated carbocycles. The molecule has 0 bridgehead atoms. The summed E-state index contributed by atoms with van der Waals surface area (Å²) in [6.07, 6.45) is -1.95. The number of aromatic nitrogens is 2. The molecule has 0 unspecified atom stereocenters. The van der Waals surface area contributed by atoms with Gasteiger partial charge in [-0.2, -0.15) is 18.2 Å². The highest BCUT2D eigenvalue weighted by Gasteiger charge is 2.54. The number of pyridine rings is 2. The van der Waals surface area contributed by atoms with Crippen LogP contribution in [0.25, 0.3) is 22.4 Å². The van der Waals surface area contributed by atoms with E-state index in [2.05, 4.69) is 15.6 Å². The number of ether oxygens (including phenoxy) is 3. The second-order valence-corrected chi connectivity index (χ2v) is 15.2. The number of amides is 1. The monoisotopic (exact) mass is 791 g/mol. The number of rotatable bonds is 13. The summed E-state index contributed by atoms with van der Waals surface area (Å²) >= 11 is 7.12. The van der Waals surface area contributed by atoms with Crippen molar-refractivity contribution in [3.8, 4) is 40.0 Å². The average Bonchev–Trinajstić information content (AvgIpc) is 3.42. The summed E-state index contributed by atoms with van der Waals surface area (Å²) in [5, 5.41) is 16.5. The van der Waals surface area contributed by atoms with Crippen molar-refractivity contribution in [2.45, 2.75) is 82.0 Å². The maximum Gasteiger partial charge on any atom is 0.421 e. The number of hydrogen-bond acceptors (Lipinski definition) is 9. The number of carboxylic acids is 1. The average molecular weight is 792 g/mol. The molecule has 0 spiro atoms. The van der Waals surface area contributed by atoms with Crippen molar-refractivity contribution in [3.05, 3.63) is 87.4 Å². The lowest BCUT2D eigenvalue weighted by atomic mass is 9.94. The minimum absolute atomic E-state index is 0.0242. The van der Waals surface area contributed by atoms with Crippen LogP contribution < -0.4 is 24.8 Å². The third-order valence-electron chi connectivity index (χ3n) is 11.4. The number of carbonyl (C=O) groups excluding carboxylic acids is 1. The SMILES string of the molecule is COc1nc(-c2cccc(-c3cccc4c3CC[C@@H]4Oc3nc(OC)c(CN4[C@@H]5C[C@@H]5C[C@H]4C(=O)O)cc3C(F)(F)F)c2Cl)ccc1CNC[C@@H]1CCC(=O)N1. The van der Waals surface area contributed by atoms with Gasteiger partial charge in [-0.3, -0.25) is 14.5 Å². The second kappa shape index (κ2) is 15.2. The Morgan fingerprint density at radius 1 is 0.964 bits per heavy atom. The molecule has 2 aliphatic heterocycles. The third-order valence-corrected chi connectivity index (χ3v) is 11.8. The molecular formula is C41H41ClF3N5O6. The summed E-state index contributed by atoms with van der Waals surface area (Å²) in [7, 11) is 2.88. The van der Waals surface area contributed by atoms with Crippen LogP contribution in [0.4, 0.5) is 13.2 Å². The van der Waals surface area contributed by atoms with E-state index in [4.69, 9.17) is 30.8 Å². The highest BCUT2D eigenvalue weighted by atomic mass is 35.5. The number of methoxy groups -OCH3 is 2. The Morgan fingerprint density at radius 3 is 2.45 bits per heavy atom. The van der Waals surface area contributed by atoms with Crippen LogP contribution in [-0.4, -0.2) is 70.7 Å². The lowest BCUT2D eigenvalue weighted by Crippen LogP contribution is -2.38. The first kappa shape index (κ1) is 38.0. The summed E-state index contributed by atoms with van der Waals surface area (Å²) in [5.41, 5.74) is 4.48. The predicted octanol–water partition coefficient (Wildman–Crippen LogP) is 6.98. The molecule has 11 nitrogen and oxygen atoms in total. The highest BCUT2D eigenvalue weighted by Crippen LogP contribution is 2.50. The Morgan fingerprint density at radius 2 is 1.71 bits per heavy atom. The molecule has 8 rings (SSSR count). The second-order valence-electron chi connectivity index (χ2n) is 14.8. The number of hydrogen-bond donors (Lipinski definition) is 3. The van der Waals surface area contributed by atoms with E-state index < -0.39 is 35.7 Å². The molecule has 2 aromatic carbocycles. The number of halogens is 4. The van der Waals surface area contributed by atoms with Crippen molar-refractivity contribution < 1.29 is 42.1 Å². The summed E-state index contributed by atoms with van der Waals surface area (Å²) in [5.74, 6) is -0.867. The van der Waals surface area contributed by atoms with Crippen molar-refractivity contribution in [1.82, 2.24) is 25.5 Å². The smallest absolute Gasteiger partial charge is 0.421 e. The van der Waals surface area contributed by atoms with Gasteiger partial charge >= 0.3 is 12.1 Å². The van der Waals surface area contributed by atoms with E-state index in [0.29, 0.717) is 60.9 Å². The highest BCUT2D eigenvalue weighted by molar-refractivity contribution is 6.36. The zero-order chi connectivity index (χ0) is 39.3. The van der Waals surface area contributed by atoms with Gasteiger partial charge in [-0.05, 0) is 66.8 Å². The van der Waals surface area contributed by atoms with Crippen LogP contribution in [0.15, 0.2) is 54.6 Å². The van der Waals surface area contributed by atoms with Gasteiger partial charge in [-0.15, -0.1) is 0 Å². The number of piperidine rings is 1. The standard InChI is InChI=1S/C41H41ClF3N5O6/c1-54-37-21(18-46-19-24-10-14-35(51)47-24)9-12-31(48-37)29-8-4-7-28(36(29)42)25-5-3-6-27-26(25)11-13-34(27)56-39-30(41(43,44)45)15-23(38(49-39)55-2)20-50-32-16-22(32)17-33(50)40(52)53/h3-9,12,15,22,24,32-34,46H,10-11,13-14,16-20H2,1-2H3,(H,47,51)(H,52,53)/t22-,24+,32-,33+,34+/m1/s1. The Labute approximate surface area is 326 Å². The van der Waals surface area contributed by atoms with Gasteiger partial charge in [0.15, 0.2) is 0 Å². The summed E-state index contributed by atoms with van der Waals surface area (Å²) < 4.78 is 61.1. The normalized spacial score (nSPS) is 22.8. The fraction of sp³-hybridized carbons (Fsp3) is 0.415. The molecule has 15 heteroatoms. The van der Waals surface area contributed by atoms with Crippen molar-refractivity contribution >= 4 is 23.5 Å². The third kappa shape index (κ3) is 7.37. The molecule has 2 aliphatic carbocycles. The maximum absolute atomic E-state index is 14.6. The molecule has 5 atom stereocenters. The van der Waals surface area contributed by atoms with Crippen LogP contribution >= 0.6 is 11.6 Å². The minimum Gasteiger partial charge on any atom is -0.481 e. The topological polar surface area (TPSA) is 135 Å². The molecule has 2 saturated heterocycles. The van der Waals surface area contributed by atoms with Crippen LogP contribution in [0.2, 0.25) is 5.02 Å². The number of carbonyl (C=O) groups is 2. The number of aliphatic carboxylic acids is 1. The van der Waals surface area contributed by atoms with Crippen LogP contribution in [0.5, 0.6) is 17.6 Å². The molecule has 1 amide bonds. The molecule has 0 radical (unpaired) electrons. The van der Waals surface area contributed by atoms with Crippen LogP contribution in [0.3, 0.4) is 0 Å². The first-order chi connectivity index (χ1) is 26.9. The quantitative estimate of drug-likeness (QED) is 0.130. The van der Waals surface area contributed by atoms with Crippen LogP contribution in [0, 0.1) is 5.92 Å². The lowest BCUT2D eigenvalue weighted by Gasteiger charge is -2.26. The van der Waals surface area contributed by atoms with Crippen molar-refractivity contribution in [2.75, 3.05) is 20.8 Å². The molecule has 3 N–H and O–H groups in total. The molecule has 4 aliphatic rings. The molecule has 2 aromatic heterocycles. The number of nitrogens with one attached hydrogen (secondary N) is 2. The number of fused-ring (bicyclic) bond motifs is 2. The van der Waals surface area contributed by atoms with Gasteiger partial charge in [0, 0.05) is 60.4 Å². The number of carboxylic acid groups (broad SMARTS) is 1. The first-order valence-electron chi connectivity index (χ1n) is 18.7. The van der Waals surface area contributed by atoms with Gasteiger partial charge in [-0.1, -0.05) is 54.1 Å². The summed E-state index contributed by atoms with van der Waals surface area (Å²) in [6, 6.07) is 15.4. The van der Waals surface area contributed by atoms with E-state index in [1.54, 1.807) is 12.0 Å². The molecular weight excluding hydrogens is 751 g/mol.